The number of rotatable bonds is 5. The Hall–Kier alpha value is -2.39. The van der Waals surface area contributed by atoms with Gasteiger partial charge in [0.25, 0.3) is 15.9 Å². The van der Waals surface area contributed by atoms with Gasteiger partial charge >= 0.3 is 5.97 Å². The summed E-state index contributed by atoms with van der Waals surface area (Å²) in [5.41, 5.74) is 5.27. The van der Waals surface area contributed by atoms with E-state index in [2.05, 4.69) is 9.46 Å². The SMILES string of the molecule is COC(=O)c1ccccc1NS(=O)(=O)c1csc(C(N)=O)c1. The van der Waals surface area contributed by atoms with Crippen molar-refractivity contribution in [2.75, 3.05) is 11.8 Å². The average Bonchev–Trinajstić information content (AvgIpc) is 2.97. The number of nitrogens with two attached hydrogens (primary N) is 1. The van der Waals surface area contributed by atoms with Crippen molar-refractivity contribution in [2.45, 2.75) is 4.90 Å². The quantitative estimate of drug-likeness (QED) is 0.799. The van der Waals surface area contributed by atoms with Crippen LogP contribution in [0.2, 0.25) is 0 Å². The molecule has 0 radical (unpaired) electrons. The summed E-state index contributed by atoms with van der Waals surface area (Å²) >= 11 is 0.925. The van der Waals surface area contributed by atoms with Gasteiger partial charge in [-0.05, 0) is 18.2 Å². The van der Waals surface area contributed by atoms with Gasteiger partial charge in [0.05, 0.1) is 28.1 Å². The van der Waals surface area contributed by atoms with E-state index in [1.807, 2.05) is 0 Å². The summed E-state index contributed by atoms with van der Waals surface area (Å²) in [6, 6.07) is 7.21. The van der Waals surface area contributed by atoms with E-state index in [0.717, 1.165) is 11.3 Å². The van der Waals surface area contributed by atoms with Crippen molar-refractivity contribution in [3.8, 4) is 0 Å². The molecule has 0 aliphatic rings. The van der Waals surface area contributed by atoms with Crippen LogP contribution in [0, 0.1) is 0 Å². The highest BCUT2D eigenvalue weighted by Crippen LogP contribution is 2.24. The summed E-state index contributed by atoms with van der Waals surface area (Å²) in [6.07, 6.45) is 0. The molecule has 9 heteroatoms. The highest BCUT2D eigenvalue weighted by atomic mass is 32.2. The summed E-state index contributed by atoms with van der Waals surface area (Å²) in [6.45, 7) is 0. The van der Waals surface area contributed by atoms with E-state index in [-0.39, 0.29) is 21.0 Å². The van der Waals surface area contributed by atoms with Gasteiger partial charge in [0, 0.05) is 5.38 Å². The molecule has 1 heterocycles. The zero-order chi connectivity index (χ0) is 16.3. The van der Waals surface area contributed by atoms with Gasteiger partial charge < -0.3 is 10.5 Å². The zero-order valence-corrected chi connectivity index (χ0v) is 13.0. The summed E-state index contributed by atoms with van der Waals surface area (Å²) in [4.78, 5) is 22.7. The molecule has 0 unspecified atom stereocenters. The molecule has 1 amide bonds. The fourth-order valence-electron chi connectivity index (χ4n) is 1.65. The summed E-state index contributed by atoms with van der Waals surface area (Å²) in [7, 11) is -2.75. The predicted octanol–water partition coefficient (Wildman–Crippen LogP) is 1.43. The van der Waals surface area contributed by atoms with Gasteiger partial charge in [0.15, 0.2) is 0 Å². The number of carbonyl (C=O) groups is 2. The molecule has 116 valence electrons. The van der Waals surface area contributed by atoms with Crippen molar-refractivity contribution in [3.05, 3.63) is 46.2 Å². The van der Waals surface area contributed by atoms with Crippen LogP contribution in [0.15, 0.2) is 40.6 Å². The number of ether oxygens (including phenoxy) is 1. The number of hydrogen-bond donors (Lipinski definition) is 2. The van der Waals surface area contributed by atoms with Crippen LogP contribution in [0.25, 0.3) is 0 Å². The van der Waals surface area contributed by atoms with Crippen LogP contribution in [0.1, 0.15) is 20.0 Å². The van der Waals surface area contributed by atoms with Crippen molar-refractivity contribution < 1.29 is 22.7 Å². The number of nitrogens with one attached hydrogen (secondary N) is 1. The second-order valence-electron chi connectivity index (χ2n) is 4.15. The first-order valence-electron chi connectivity index (χ1n) is 5.93. The molecule has 3 N–H and O–H groups in total. The first kappa shape index (κ1) is 16.0. The average molecular weight is 340 g/mol. The normalized spacial score (nSPS) is 11.0. The Morgan fingerprint density at radius 2 is 1.95 bits per heavy atom. The van der Waals surface area contributed by atoms with Crippen LogP contribution < -0.4 is 10.5 Å². The van der Waals surface area contributed by atoms with Gasteiger partial charge in [0.2, 0.25) is 0 Å². The van der Waals surface area contributed by atoms with E-state index in [1.165, 1.54) is 30.7 Å². The molecule has 0 aliphatic carbocycles. The van der Waals surface area contributed by atoms with Crippen LogP contribution in [0.3, 0.4) is 0 Å². The van der Waals surface area contributed by atoms with Crippen molar-refractivity contribution in [1.29, 1.82) is 0 Å². The number of carbonyl (C=O) groups excluding carboxylic acids is 2. The highest BCUT2D eigenvalue weighted by Gasteiger charge is 2.21. The lowest BCUT2D eigenvalue weighted by atomic mass is 10.2. The number of anilines is 1. The number of methoxy groups -OCH3 is 1. The van der Waals surface area contributed by atoms with Gasteiger partial charge in [-0.1, -0.05) is 12.1 Å². The fraction of sp³-hybridized carbons (Fsp3) is 0.0769. The molecule has 2 aromatic rings. The van der Waals surface area contributed by atoms with E-state index < -0.39 is 21.9 Å². The van der Waals surface area contributed by atoms with Gasteiger partial charge in [-0.15, -0.1) is 11.3 Å². The molecule has 22 heavy (non-hydrogen) atoms. The topological polar surface area (TPSA) is 116 Å². The third kappa shape index (κ3) is 3.26. The Kier molecular flexibility index (Phi) is 4.48. The molecule has 7 nitrogen and oxygen atoms in total. The van der Waals surface area contributed by atoms with Crippen molar-refractivity contribution in [1.82, 2.24) is 0 Å². The summed E-state index contributed by atoms with van der Waals surface area (Å²) in [5.74, 6) is -1.37. The Balaban J connectivity index is 2.37. The molecule has 0 saturated carbocycles. The Morgan fingerprint density at radius 3 is 2.55 bits per heavy atom. The monoisotopic (exact) mass is 340 g/mol. The molecule has 1 aromatic heterocycles. The molecule has 0 fully saturated rings. The number of hydrogen-bond acceptors (Lipinski definition) is 6. The van der Waals surface area contributed by atoms with Crippen molar-refractivity contribution >= 4 is 38.9 Å². The largest absolute Gasteiger partial charge is 0.465 e. The second-order valence-corrected chi connectivity index (χ2v) is 6.75. The molecule has 0 atom stereocenters. The third-order valence-corrected chi connectivity index (χ3v) is 5.14. The van der Waals surface area contributed by atoms with Crippen LogP contribution in [-0.2, 0) is 14.8 Å². The Morgan fingerprint density at radius 1 is 1.27 bits per heavy atom. The van der Waals surface area contributed by atoms with E-state index >= 15 is 0 Å². The van der Waals surface area contributed by atoms with Crippen LogP contribution in [0.4, 0.5) is 5.69 Å². The molecule has 0 bridgehead atoms. The molecule has 0 spiro atoms. The fourth-order valence-corrected chi connectivity index (χ4v) is 3.86. The van der Waals surface area contributed by atoms with Gasteiger partial charge in [-0.25, -0.2) is 13.2 Å². The number of thiophene rings is 1. The number of primary amides is 1. The van der Waals surface area contributed by atoms with Gasteiger partial charge in [0.1, 0.15) is 0 Å². The zero-order valence-electron chi connectivity index (χ0n) is 11.4. The highest BCUT2D eigenvalue weighted by molar-refractivity contribution is 7.92. The van der Waals surface area contributed by atoms with Gasteiger partial charge in [-0.3, -0.25) is 9.52 Å². The number of benzene rings is 1. The van der Waals surface area contributed by atoms with E-state index in [4.69, 9.17) is 5.73 Å². The van der Waals surface area contributed by atoms with Gasteiger partial charge in [-0.2, -0.15) is 0 Å². The maximum atomic E-state index is 12.3. The smallest absolute Gasteiger partial charge is 0.339 e. The molecule has 0 aliphatic heterocycles. The predicted molar refractivity (Wildman–Crippen MR) is 81.4 cm³/mol. The van der Waals surface area contributed by atoms with E-state index in [9.17, 15) is 18.0 Å². The maximum absolute atomic E-state index is 12.3. The van der Waals surface area contributed by atoms with E-state index in [1.54, 1.807) is 12.1 Å². The minimum atomic E-state index is -3.95. The van der Waals surface area contributed by atoms with Crippen molar-refractivity contribution in [2.24, 2.45) is 5.73 Å². The van der Waals surface area contributed by atoms with E-state index in [0.29, 0.717) is 0 Å². The number of amides is 1. The number of sulfonamides is 1. The lowest BCUT2D eigenvalue weighted by Gasteiger charge is -2.10. The summed E-state index contributed by atoms with van der Waals surface area (Å²) in [5, 5.41) is 1.29. The van der Waals surface area contributed by atoms with Crippen molar-refractivity contribution in [3.63, 3.8) is 0 Å². The Labute approximate surface area is 130 Å². The van der Waals surface area contributed by atoms with Crippen LogP contribution in [0.5, 0.6) is 0 Å². The maximum Gasteiger partial charge on any atom is 0.339 e. The van der Waals surface area contributed by atoms with Crippen LogP contribution in [-0.4, -0.2) is 27.4 Å². The lowest BCUT2D eigenvalue weighted by Crippen LogP contribution is -2.16. The molecule has 1 aromatic carbocycles. The summed E-state index contributed by atoms with van der Waals surface area (Å²) < 4.78 is 31.5. The second kappa shape index (κ2) is 6.16. The standard InChI is InChI=1S/C13H12N2O5S2/c1-20-13(17)9-4-2-3-5-10(9)15-22(18,19)8-6-11(12(14)16)21-7-8/h2-7,15H,1H3,(H2,14,16). The third-order valence-electron chi connectivity index (χ3n) is 2.71. The first-order chi connectivity index (χ1) is 10.3. The molecular formula is C13H12N2O5S2. The minimum Gasteiger partial charge on any atom is -0.465 e. The number of esters is 1. The Bertz CT molecular complexity index is 826. The van der Waals surface area contributed by atoms with Crippen LogP contribution >= 0.6 is 11.3 Å². The minimum absolute atomic E-state index is 0.0823. The lowest BCUT2D eigenvalue weighted by molar-refractivity contribution is 0.0602. The number of para-hydroxylation sites is 1. The first-order valence-corrected chi connectivity index (χ1v) is 8.30. The molecule has 0 saturated heterocycles. The molecular weight excluding hydrogens is 328 g/mol. The molecule has 2 rings (SSSR count).